The van der Waals surface area contributed by atoms with Gasteiger partial charge in [-0.2, -0.15) is 10.2 Å². The number of hydrogen-bond donors (Lipinski definition) is 2. The fourth-order valence-corrected chi connectivity index (χ4v) is 4.62. The van der Waals surface area contributed by atoms with Crippen molar-refractivity contribution in [2.24, 2.45) is 10.2 Å². The Labute approximate surface area is 211 Å². The Bertz CT molecular complexity index is 1390. The third-order valence-electron chi connectivity index (χ3n) is 5.47. The number of amides is 1. The second-order valence-corrected chi connectivity index (χ2v) is 9.11. The lowest BCUT2D eigenvalue weighted by Crippen LogP contribution is -2.20. The molecule has 3 aromatic carbocycles. The molecule has 0 fully saturated rings. The number of nitrogens with zero attached hydrogens (tertiary/aromatic N) is 4. The molecule has 2 N–H and O–H groups in total. The van der Waals surface area contributed by atoms with Crippen LogP contribution in [0.25, 0.3) is 0 Å². The van der Waals surface area contributed by atoms with Crippen molar-refractivity contribution in [3.05, 3.63) is 112 Å². The van der Waals surface area contributed by atoms with Crippen molar-refractivity contribution >= 4 is 45.9 Å². The summed E-state index contributed by atoms with van der Waals surface area (Å²) in [5.74, 6) is -0.255. The first-order valence-corrected chi connectivity index (χ1v) is 12.1. The summed E-state index contributed by atoms with van der Waals surface area (Å²) in [5.41, 5.74) is 6.55. The molecule has 0 saturated carbocycles. The van der Waals surface area contributed by atoms with Crippen molar-refractivity contribution in [1.29, 1.82) is 0 Å². The molecule has 1 aliphatic rings. The quantitative estimate of drug-likeness (QED) is 0.265. The van der Waals surface area contributed by atoms with Gasteiger partial charge in [-0.15, -0.1) is 11.3 Å². The largest absolute Gasteiger partial charge is 0.508 e. The summed E-state index contributed by atoms with van der Waals surface area (Å²) >= 11 is 7.45. The van der Waals surface area contributed by atoms with Crippen LogP contribution in [0.2, 0.25) is 5.02 Å². The highest BCUT2D eigenvalue weighted by Crippen LogP contribution is 2.38. The molecule has 7 nitrogen and oxygen atoms in total. The van der Waals surface area contributed by atoms with Gasteiger partial charge in [0.2, 0.25) is 5.13 Å². The molecule has 9 heteroatoms. The van der Waals surface area contributed by atoms with E-state index in [9.17, 15) is 9.90 Å². The van der Waals surface area contributed by atoms with Gasteiger partial charge in [0.1, 0.15) is 11.4 Å². The average Bonchev–Trinajstić information content (AvgIpc) is 3.54. The Morgan fingerprint density at radius 2 is 1.83 bits per heavy atom. The molecule has 0 spiro atoms. The molecule has 1 amide bonds. The van der Waals surface area contributed by atoms with E-state index in [0.29, 0.717) is 16.6 Å². The lowest BCUT2D eigenvalue weighted by atomic mass is 9.99. The molecule has 0 aliphatic carbocycles. The first-order valence-electron chi connectivity index (χ1n) is 10.8. The Morgan fingerprint density at radius 3 is 2.57 bits per heavy atom. The van der Waals surface area contributed by atoms with Gasteiger partial charge >= 0.3 is 0 Å². The van der Waals surface area contributed by atoms with Crippen molar-refractivity contribution in [3.8, 4) is 5.75 Å². The minimum atomic E-state index is -0.419. The smallest absolute Gasteiger partial charge is 0.290 e. The first-order chi connectivity index (χ1) is 17.1. The number of aromatic nitrogens is 1. The molecule has 174 valence electrons. The van der Waals surface area contributed by atoms with Crippen LogP contribution in [0.1, 0.15) is 39.6 Å². The molecule has 1 atom stereocenters. The highest BCUT2D eigenvalue weighted by Gasteiger charge is 2.32. The van der Waals surface area contributed by atoms with Gasteiger partial charge in [-0.25, -0.2) is 15.4 Å². The van der Waals surface area contributed by atoms with E-state index in [4.69, 9.17) is 16.7 Å². The van der Waals surface area contributed by atoms with Crippen LogP contribution in [0, 0.1) is 0 Å². The number of benzene rings is 3. The Morgan fingerprint density at radius 1 is 1.09 bits per heavy atom. The zero-order chi connectivity index (χ0) is 24.2. The number of nitrogens with one attached hydrogen (secondary N) is 1. The van der Waals surface area contributed by atoms with E-state index >= 15 is 0 Å². The van der Waals surface area contributed by atoms with Crippen LogP contribution in [-0.4, -0.2) is 27.9 Å². The summed E-state index contributed by atoms with van der Waals surface area (Å²) in [5, 5.41) is 23.1. The van der Waals surface area contributed by atoms with E-state index < -0.39 is 5.91 Å². The van der Waals surface area contributed by atoms with Crippen molar-refractivity contribution in [3.63, 3.8) is 0 Å². The number of carbonyl (C=O) groups is 1. The highest BCUT2D eigenvalue weighted by molar-refractivity contribution is 7.14. The maximum Gasteiger partial charge on any atom is 0.290 e. The van der Waals surface area contributed by atoms with Crippen molar-refractivity contribution in [1.82, 2.24) is 10.4 Å². The minimum absolute atomic E-state index is 0.0722. The number of hydrazone groups is 2. The lowest BCUT2D eigenvalue weighted by molar-refractivity contribution is 0.0951. The monoisotopic (exact) mass is 501 g/mol. The van der Waals surface area contributed by atoms with Crippen LogP contribution in [-0.2, 0) is 0 Å². The Kier molecular flexibility index (Phi) is 6.56. The normalized spacial score (nSPS) is 15.4. The third-order valence-corrected chi connectivity index (χ3v) is 6.55. The highest BCUT2D eigenvalue weighted by atomic mass is 35.5. The standard InChI is InChI=1S/C26H20ClN5O2S/c27-20-10-8-19(9-11-20)24-14-22(18-4-2-1-3-5-18)31-32(24)26-29-23(16-35-26)25(34)30-28-15-17-6-12-21(33)13-7-17/h1-13,15-16,24,33H,14H2,(H,30,34)/b28-15+. The maximum absolute atomic E-state index is 12.6. The van der Waals surface area contributed by atoms with Gasteiger partial charge in [0, 0.05) is 16.8 Å². The van der Waals surface area contributed by atoms with Gasteiger partial charge < -0.3 is 5.11 Å². The summed E-state index contributed by atoms with van der Waals surface area (Å²) in [6.07, 6.45) is 2.20. The van der Waals surface area contributed by atoms with Gasteiger partial charge in [0.25, 0.3) is 5.91 Å². The summed E-state index contributed by atoms with van der Waals surface area (Å²) in [6, 6.07) is 24.1. The molecular formula is C26H20ClN5O2S. The van der Waals surface area contributed by atoms with E-state index in [1.807, 2.05) is 59.6 Å². The predicted molar refractivity (Wildman–Crippen MR) is 140 cm³/mol. The minimum Gasteiger partial charge on any atom is -0.508 e. The predicted octanol–water partition coefficient (Wildman–Crippen LogP) is 5.62. The molecule has 0 bridgehead atoms. The topological polar surface area (TPSA) is 90.2 Å². The lowest BCUT2D eigenvalue weighted by Gasteiger charge is -2.21. The van der Waals surface area contributed by atoms with Crippen molar-refractivity contribution in [2.75, 3.05) is 5.01 Å². The molecule has 5 rings (SSSR count). The first kappa shape index (κ1) is 22.8. The number of aromatic hydroxyl groups is 1. The Hall–Kier alpha value is -4.01. The molecule has 2 heterocycles. The Balaban J connectivity index is 1.37. The molecule has 1 aliphatic heterocycles. The van der Waals surface area contributed by atoms with Crippen LogP contribution >= 0.6 is 22.9 Å². The molecular weight excluding hydrogens is 482 g/mol. The number of phenols is 1. The molecule has 0 radical (unpaired) electrons. The van der Waals surface area contributed by atoms with Crippen LogP contribution in [0.15, 0.2) is 94.4 Å². The fraction of sp³-hybridized carbons (Fsp3) is 0.0769. The SMILES string of the molecule is O=C(N/N=C/c1ccc(O)cc1)c1csc(N2N=C(c3ccccc3)CC2c2ccc(Cl)cc2)n1. The number of halogens is 1. The summed E-state index contributed by atoms with van der Waals surface area (Å²) in [6.45, 7) is 0. The number of anilines is 1. The second kappa shape index (κ2) is 10.1. The van der Waals surface area contributed by atoms with Gasteiger partial charge in [-0.05, 0) is 53.1 Å². The molecule has 0 saturated heterocycles. The van der Waals surface area contributed by atoms with Crippen molar-refractivity contribution < 1.29 is 9.90 Å². The summed E-state index contributed by atoms with van der Waals surface area (Å²) in [7, 11) is 0. The number of rotatable bonds is 6. The summed E-state index contributed by atoms with van der Waals surface area (Å²) < 4.78 is 0. The van der Waals surface area contributed by atoms with Crippen LogP contribution in [0.5, 0.6) is 5.75 Å². The van der Waals surface area contributed by atoms with E-state index in [-0.39, 0.29) is 17.5 Å². The van der Waals surface area contributed by atoms with E-state index in [1.165, 1.54) is 17.6 Å². The third kappa shape index (κ3) is 5.24. The van der Waals surface area contributed by atoms with Crippen LogP contribution in [0.3, 0.4) is 0 Å². The van der Waals surface area contributed by atoms with E-state index in [0.717, 1.165) is 22.4 Å². The van der Waals surface area contributed by atoms with Crippen molar-refractivity contribution in [2.45, 2.75) is 12.5 Å². The van der Waals surface area contributed by atoms with Gasteiger partial charge in [-0.1, -0.05) is 54.1 Å². The van der Waals surface area contributed by atoms with Gasteiger partial charge in [0.15, 0.2) is 0 Å². The molecule has 35 heavy (non-hydrogen) atoms. The van der Waals surface area contributed by atoms with E-state index in [1.54, 1.807) is 29.6 Å². The van der Waals surface area contributed by atoms with Gasteiger partial charge in [-0.3, -0.25) is 4.79 Å². The van der Waals surface area contributed by atoms with Gasteiger partial charge in [0.05, 0.1) is 18.0 Å². The van der Waals surface area contributed by atoms with E-state index in [2.05, 4.69) is 15.5 Å². The maximum atomic E-state index is 12.6. The molecule has 1 unspecified atom stereocenters. The zero-order valence-electron chi connectivity index (χ0n) is 18.4. The number of carbonyl (C=O) groups excluding carboxylic acids is 1. The zero-order valence-corrected chi connectivity index (χ0v) is 19.9. The number of thiazole rings is 1. The van der Waals surface area contributed by atoms with Crippen LogP contribution < -0.4 is 10.4 Å². The number of hydrogen-bond acceptors (Lipinski definition) is 7. The molecule has 4 aromatic rings. The molecule has 1 aromatic heterocycles. The average molecular weight is 502 g/mol. The summed E-state index contributed by atoms with van der Waals surface area (Å²) in [4.78, 5) is 17.1. The second-order valence-electron chi connectivity index (χ2n) is 7.83. The number of phenolic OH excluding ortho intramolecular Hbond substituents is 1. The van der Waals surface area contributed by atoms with Crippen LogP contribution in [0.4, 0.5) is 5.13 Å². The fourth-order valence-electron chi connectivity index (χ4n) is 3.69.